The highest BCUT2D eigenvalue weighted by atomic mass is 32.1. The first-order valence-electron chi connectivity index (χ1n) is 8.93. The molecule has 1 atom stereocenters. The number of aromatic nitrogens is 1. The molecule has 0 bridgehead atoms. The van der Waals surface area contributed by atoms with Gasteiger partial charge in [0, 0.05) is 31.6 Å². The lowest BCUT2D eigenvalue weighted by atomic mass is 10.1. The second-order valence-corrected chi connectivity index (χ2v) is 7.46. The number of thiazole rings is 1. The van der Waals surface area contributed by atoms with Gasteiger partial charge in [-0.1, -0.05) is 30.3 Å². The molecule has 2 aliphatic heterocycles. The van der Waals surface area contributed by atoms with Crippen molar-refractivity contribution in [3.8, 4) is 0 Å². The second kappa shape index (κ2) is 7.48. The van der Waals surface area contributed by atoms with E-state index in [0.29, 0.717) is 38.3 Å². The third kappa shape index (κ3) is 3.57. The molecular weight excluding hydrogens is 364 g/mol. The maximum atomic E-state index is 13.0. The van der Waals surface area contributed by atoms with Crippen LogP contribution in [0.2, 0.25) is 0 Å². The Morgan fingerprint density at radius 3 is 2.70 bits per heavy atom. The first-order chi connectivity index (χ1) is 13.1. The van der Waals surface area contributed by atoms with Crippen molar-refractivity contribution in [2.45, 2.75) is 19.0 Å². The van der Waals surface area contributed by atoms with E-state index in [1.54, 1.807) is 25.6 Å². The Kier molecular flexibility index (Phi) is 4.89. The van der Waals surface area contributed by atoms with Gasteiger partial charge in [-0.2, -0.15) is 0 Å². The van der Waals surface area contributed by atoms with E-state index in [0.717, 1.165) is 5.56 Å². The van der Waals surface area contributed by atoms with Gasteiger partial charge in [-0.25, -0.2) is 4.98 Å². The Bertz CT molecular complexity index is 840. The molecule has 4 rings (SSSR count). The summed E-state index contributed by atoms with van der Waals surface area (Å²) >= 11 is 1.38. The third-order valence-electron chi connectivity index (χ3n) is 5.06. The fourth-order valence-electron chi connectivity index (χ4n) is 3.65. The summed E-state index contributed by atoms with van der Waals surface area (Å²) in [6.07, 6.45) is 0.450. The van der Waals surface area contributed by atoms with Crippen molar-refractivity contribution < 1.29 is 14.4 Å². The van der Waals surface area contributed by atoms with E-state index < -0.39 is 6.04 Å². The van der Waals surface area contributed by atoms with Crippen LogP contribution in [-0.4, -0.2) is 69.6 Å². The Hall–Kier alpha value is -2.74. The van der Waals surface area contributed by atoms with Crippen molar-refractivity contribution in [3.05, 3.63) is 52.5 Å². The molecule has 1 aromatic carbocycles. The monoisotopic (exact) mass is 384 g/mol. The third-order valence-corrected chi connectivity index (χ3v) is 5.64. The molecule has 0 N–H and O–H groups in total. The first kappa shape index (κ1) is 17.7. The molecule has 7 nitrogen and oxygen atoms in total. The minimum absolute atomic E-state index is 0.0404. The molecule has 2 aliphatic rings. The van der Waals surface area contributed by atoms with Crippen LogP contribution in [0.25, 0.3) is 0 Å². The zero-order valence-corrected chi connectivity index (χ0v) is 15.6. The molecule has 2 saturated heterocycles. The lowest BCUT2D eigenvalue weighted by molar-refractivity contribution is -0.156. The van der Waals surface area contributed by atoms with Gasteiger partial charge in [0.05, 0.1) is 5.51 Å². The van der Waals surface area contributed by atoms with E-state index in [9.17, 15) is 14.4 Å². The van der Waals surface area contributed by atoms with E-state index >= 15 is 0 Å². The summed E-state index contributed by atoms with van der Waals surface area (Å²) in [6.45, 7) is 1.76. The summed E-state index contributed by atoms with van der Waals surface area (Å²) in [4.78, 5) is 47.2. The van der Waals surface area contributed by atoms with Crippen molar-refractivity contribution in [1.29, 1.82) is 0 Å². The standard InChI is InChI=1S/C19H20N4O3S/c24-17-11-22(10-14-4-2-1-3-5-14)19(26)16-6-7-21(8-9-23(16)17)18(25)15-12-27-13-20-15/h1-5,12-13,16H,6-11H2. The minimum Gasteiger partial charge on any atom is -0.335 e. The number of rotatable bonds is 3. The van der Waals surface area contributed by atoms with Crippen LogP contribution in [0.3, 0.4) is 0 Å². The molecule has 3 amide bonds. The van der Waals surface area contributed by atoms with Gasteiger partial charge in [-0.15, -0.1) is 11.3 Å². The number of hydrogen-bond donors (Lipinski definition) is 0. The average Bonchev–Trinajstić information content (AvgIpc) is 3.12. The summed E-state index contributed by atoms with van der Waals surface area (Å²) in [6, 6.07) is 9.17. The fraction of sp³-hybridized carbons (Fsp3) is 0.368. The van der Waals surface area contributed by atoms with Crippen LogP contribution in [0.15, 0.2) is 41.2 Å². The fourth-order valence-corrected chi connectivity index (χ4v) is 4.17. The number of nitrogens with zero attached hydrogens (tertiary/aromatic N) is 4. The van der Waals surface area contributed by atoms with Gasteiger partial charge in [-0.3, -0.25) is 14.4 Å². The van der Waals surface area contributed by atoms with Gasteiger partial charge in [0.1, 0.15) is 18.3 Å². The van der Waals surface area contributed by atoms with Crippen LogP contribution >= 0.6 is 11.3 Å². The zero-order chi connectivity index (χ0) is 18.8. The molecule has 0 aliphatic carbocycles. The quantitative estimate of drug-likeness (QED) is 0.798. The van der Waals surface area contributed by atoms with Crippen molar-refractivity contribution in [3.63, 3.8) is 0 Å². The highest BCUT2D eigenvalue weighted by molar-refractivity contribution is 7.07. The van der Waals surface area contributed by atoms with Crippen molar-refractivity contribution >= 4 is 29.1 Å². The molecule has 3 heterocycles. The molecule has 0 saturated carbocycles. The predicted molar refractivity (Wildman–Crippen MR) is 100.0 cm³/mol. The number of hydrogen-bond acceptors (Lipinski definition) is 5. The summed E-state index contributed by atoms with van der Waals surface area (Å²) in [5.41, 5.74) is 3.05. The number of piperazine rings is 1. The van der Waals surface area contributed by atoms with Crippen molar-refractivity contribution in [2.75, 3.05) is 26.2 Å². The number of amides is 3. The average molecular weight is 384 g/mol. The molecular formula is C19H20N4O3S. The number of fused-ring (bicyclic) bond motifs is 1. The number of carbonyl (C=O) groups excluding carboxylic acids is 3. The van der Waals surface area contributed by atoms with E-state index in [1.807, 2.05) is 30.3 Å². The molecule has 0 spiro atoms. The largest absolute Gasteiger partial charge is 0.335 e. The number of carbonyl (C=O) groups is 3. The highest BCUT2D eigenvalue weighted by Crippen LogP contribution is 2.21. The topological polar surface area (TPSA) is 73.8 Å². The molecule has 8 heteroatoms. The van der Waals surface area contributed by atoms with Gasteiger partial charge < -0.3 is 14.7 Å². The van der Waals surface area contributed by atoms with Gasteiger partial charge in [0.2, 0.25) is 11.8 Å². The minimum atomic E-state index is -0.497. The van der Waals surface area contributed by atoms with Crippen molar-refractivity contribution in [2.24, 2.45) is 0 Å². The first-order valence-corrected chi connectivity index (χ1v) is 9.87. The van der Waals surface area contributed by atoms with E-state index in [-0.39, 0.29) is 24.3 Å². The summed E-state index contributed by atoms with van der Waals surface area (Å²) < 4.78 is 0. The lowest BCUT2D eigenvalue weighted by Crippen LogP contribution is -2.59. The maximum absolute atomic E-state index is 13.0. The molecule has 1 unspecified atom stereocenters. The van der Waals surface area contributed by atoms with Crippen LogP contribution in [0.5, 0.6) is 0 Å². The lowest BCUT2D eigenvalue weighted by Gasteiger charge is -2.39. The van der Waals surface area contributed by atoms with Crippen LogP contribution in [0.4, 0.5) is 0 Å². The molecule has 0 radical (unpaired) electrons. The van der Waals surface area contributed by atoms with Crippen LogP contribution in [0, 0.1) is 0 Å². The normalized spacial score (nSPS) is 20.4. The van der Waals surface area contributed by atoms with Gasteiger partial charge in [0.25, 0.3) is 5.91 Å². The maximum Gasteiger partial charge on any atom is 0.273 e. The molecule has 27 heavy (non-hydrogen) atoms. The van der Waals surface area contributed by atoms with E-state index in [2.05, 4.69) is 4.98 Å². The summed E-state index contributed by atoms with van der Waals surface area (Å²) in [5.74, 6) is -0.239. The van der Waals surface area contributed by atoms with Crippen LogP contribution in [-0.2, 0) is 16.1 Å². The zero-order valence-electron chi connectivity index (χ0n) is 14.8. The molecule has 140 valence electrons. The van der Waals surface area contributed by atoms with E-state index in [1.165, 1.54) is 11.3 Å². The molecule has 2 fully saturated rings. The van der Waals surface area contributed by atoms with Gasteiger partial charge in [-0.05, 0) is 12.0 Å². The smallest absolute Gasteiger partial charge is 0.273 e. The van der Waals surface area contributed by atoms with E-state index in [4.69, 9.17) is 0 Å². The Balaban J connectivity index is 1.48. The summed E-state index contributed by atoms with van der Waals surface area (Å²) in [5, 5.41) is 1.72. The molecule has 1 aromatic heterocycles. The SMILES string of the molecule is O=C(c1cscn1)N1CCC2C(=O)N(Cc3ccccc3)CC(=O)N2CC1. The Labute approximate surface area is 161 Å². The van der Waals surface area contributed by atoms with Gasteiger partial charge in [0.15, 0.2) is 0 Å². The number of benzene rings is 1. The summed E-state index contributed by atoms with van der Waals surface area (Å²) in [7, 11) is 0. The van der Waals surface area contributed by atoms with Gasteiger partial charge >= 0.3 is 0 Å². The second-order valence-electron chi connectivity index (χ2n) is 6.74. The highest BCUT2D eigenvalue weighted by Gasteiger charge is 2.41. The van der Waals surface area contributed by atoms with Crippen LogP contribution in [0.1, 0.15) is 22.5 Å². The Morgan fingerprint density at radius 2 is 1.96 bits per heavy atom. The van der Waals surface area contributed by atoms with Crippen LogP contribution < -0.4 is 0 Å². The van der Waals surface area contributed by atoms with Crippen molar-refractivity contribution in [1.82, 2.24) is 19.7 Å². The predicted octanol–water partition coefficient (Wildman–Crippen LogP) is 1.23. The Morgan fingerprint density at radius 1 is 1.15 bits per heavy atom. The molecule has 2 aromatic rings.